The molecule has 2 rings (SSSR count). The number of benzene rings is 2. The maximum atomic E-state index is 12.8. The summed E-state index contributed by atoms with van der Waals surface area (Å²) < 4.78 is 27.0. The van der Waals surface area contributed by atoms with Crippen molar-refractivity contribution in [1.29, 1.82) is 0 Å². The number of nitrogens with one attached hydrogen (secondary N) is 1. The number of sulfonamides is 1. The van der Waals surface area contributed by atoms with E-state index in [2.05, 4.69) is 21.2 Å². The van der Waals surface area contributed by atoms with Gasteiger partial charge in [-0.15, -0.1) is 0 Å². The normalized spacial score (nSPS) is 12.5. The Balaban J connectivity index is 2.36. The van der Waals surface area contributed by atoms with E-state index in [4.69, 9.17) is 0 Å². The van der Waals surface area contributed by atoms with Crippen molar-refractivity contribution in [3.05, 3.63) is 58.1 Å². The molecule has 1 unspecified atom stereocenters. The molecule has 0 aliphatic rings. The number of aryl methyl sites for hydroxylation is 2. The Hall–Kier alpha value is -1.86. The van der Waals surface area contributed by atoms with Gasteiger partial charge in [0.15, 0.2) is 0 Å². The molecule has 5 nitrogen and oxygen atoms in total. The van der Waals surface area contributed by atoms with Crippen LogP contribution in [0, 0.1) is 13.8 Å². The molecule has 140 valence electrons. The van der Waals surface area contributed by atoms with Gasteiger partial charge in [-0.25, -0.2) is 8.42 Å². The van der Waals surface area contributed by atoms with E-state index in [1.54, 1.807) is 25.1 Å². The summed E-state index contributed by atoms with van der Waals surface area (Å²) in [5, 5.41) is 2.83. The van der Waals surface area contributed by atoms with Crippen molar-refractivity contribution in [2.75, 3.05) is 15.9 Å². The Morgan fingerprint density at radius 2 is 1.77 bits per heavy atom. The van der Waals surface area contributed by atoms with Crippen molar-refractivity contribution in [3.8, 4) is 0 Å². The van der Waals surface area contributed by atoms with E-state index in [1.165, 1.54) is 4.31 Å². The Labute approximate surface area is 163 Å². The molecule has 0 saturated carbocycles. The zero-order chi connectivity index (χ0) is 19.5. The summed E-state index contributed by atoms with van der Waals surface area (Å²) in [4.78, 5) is 12.8. The summed E-state index contributed by atoms with van der Waals surface area (Å²) in [6.07, 6.45) is 1.47. The Morgan fingerprint density at radius 1 is 1.15 bits per heavy atom. The quantitative estimate of drug-likeness (QED) is 0.732. The van der Waals surface area contributed by atoms with Crippen LogP contribution in [0.15, 0.2) is 46.9 Å². The maximum absolute atomic E-state index is 12.8. The van der Waals surface area contributed by atoms with Crippen molar-refractivity contribution in [2.45, 2.75) is 33.2 Å². The highest BCUT2D eigenvalue weighted by atomic mass is 79.9. The summed E-state index contributed by atoms with van der Waals surface area (Å²) in [7, 11) is -3.63. The van der Waals surface area contributed by atoms with Crippen LogP contribution in [-0.2, 0) is 14.8 Å². The number of anilines is 2. The fourth-order valence-electron chi connectivity index (χ4n) is 2.70. The third-order valence-electron chi connectivity index (χ3n) is 4.04. The van der Waals surface area contributed by atoms with E-state index < -0.39 is 16.1 Å². The lowest BCUT2D eigenvalue weighted by Crippen LogP contribution is -2.47. The first-order valence-electron chi connectivity index (χ1n) is 8.26. The van der Waals surface area contributed by atoms with Crippen LogP contribution in [-0.4, -0.2) is 26.6 Å². The number of amides is 1. The van der Waals surface area contributed by atoms with Crippen LogP contribution in [0.1, 0.15) is 24.5 Å². The molecule has 0 heterocycles. The van der Waals surface area contributed by atoms with Crippen LogP contribution < -0.4 is 9.62 Å². The van der Waals surface area contributed by atoms with Gasteiger partial charge in [0.1, 0.15) is 6.04 Å². The topological polar surface area (TPSA) is 66.5 Å². The summed E-state index contributed by atoms with van der Waals surface area (Å²) >= 11 is 3.42. The number of hydrogen-bond donors (Lipinski definition) is 1. The molecular formula is C19H23BrN2O3S. The second-order valence-electron chi connectivity index (χ2n) is 6.27. The predicted octanol–water partition coefficient (Wildman–Crippen LogP) is 4.25. The molecule has 1 N–H and O–H groups in total. The minimum absolute atomic E-state index is 0.349. The van der Waals surface area contributed by atoms with Gasteiger partial charge < -0.3 is 5.32 Å². The molecule has 0 aliphatic carbocycles. The molecule has 2 aromatic carbocycles. The zero-order valence-corrected chi connectivity index (χ0v) is 17.7. The second kappa shape index (κ2) is 8.22. The van der Waals surface area contributed by atoms with Gasteiger partial charge in [0, 0.05) is 10.2 Å². The number of carbonyl (C=O) groups excluding carboxylic acids is 1. The van der Waals surface area contributed by atoms with E-state index in [-0.39, 0.29) is 5.91 Å². The lowest BCUT2D eigenvalue weighted by atomic mass is 10.1. The summed E-state index contributed by atoms with van der Waals surface area (Å²) in [5.41, 5.74) is 3.11. The molecule has 7 heteroatoms. The van der Waals surface area contributed by atoms with Crippen LogP contribution in [0.5, 0.6) is 0 Å². The van der Waals surface area contributed by atoms with E-state index in [0.717, 1.165) is 21.9 Å². The molecule has 1 atom stereocenters. The van der Waals surface area contributed by atoms with Crippen molar-refractivity contribution in [1.82, 2.24) is 0 Å². The van der Waals surface area contributed by atoms with Crippen LogP contribution in [0.25, 0.3) is 0 Å². The average molecular weight is 439 g/mol. The van der Waals surface area contributed by atoms with Gasteiger partial charge in [-0.3, -0.25) is 9.10 Å². The number of halogens is 1. The van der Waals surface area contributed by atoms with Gasteiger partial charge in [0.2, 0.25) is 15.9 Å². The predicted molar refractivity (Wildman–Crippen MR) is 110 cm³/mol. The molecule has 1 amide bonds. The maximum Gasteiger partial charge on any atom is 0.248 e. The van der Waals surface area contributed by atoms with Crippen molar-refractivity contribution >= 4 is 43.2 Å². The molecule has 0 fully saturated rings. The van der Waals surface area contributed by atoms with E-state index >= 15 is 0 Å². The van der Waals surface area contributed by atoms with Crippen molar-refractivity contribution in [3.63, 3.8) is 0 Å². The first kappa shape index (κ1) is 20.5. The molecule has 0 saturated heterocycles. The fourth-order valence-corrected chi connectivity index (χ4v) is 4.16. The third-order valence-corrected chi connectivity index (χ3v) is 6.11. The molecule has 0 spiro atoms. The van der Waals surface area contributed by atoms with Gasteiger partial charge in [-0.05, 0) is 56.2 Å². The first-order valence-corrected chi connectivity index (χ1v) is 10.9. The minimum Gasteiger partial charge on any atom is -0.324 e. The fraction of sp³-hybridized carbons (Fsp3) is 0.316. The smallest absolute Gasteiger partial charge is 0.248 e. The minimum atomic E-state index is -3.63. The lowest BCUT2D eigenvalue weighted by Gasteiger charge is -2.30. The van der Waals surface area contributed by atoms with Gasteiger partial charge in [-0.1, -0.05) is 40.5 Å². The summed E-state index contributed by atoms with van der Waals surface area (Å²) in [5.74, 6) is -0.361. The van der Waals surface area contributed by atoms with Gasteiger partial charge in [0.05, 0.1) is 11.9 Å². The number of carbonyl (C=O) groups is 1. The Kier molecular flexibility index (Phi) is 6.47. The monoisotopic (exact) mass is 438 g/mol. The molecule has 0 aliphatic heterocycles. The molecule has 0 bridgehead atoms. The zero-order valence-electron chi connectivity index (χ0n) is 15.3. The van der Waals surface area contributed by atoms with Crippen LogP contribution in [0.2, 0.25) is 0 Å². The SMILES string of the molecule is CCC(C(=O)Nc1ccc(Br)c(C)c1)N(c1ccc(C)cc1)S(C)(=O)=O. The van der Waals surface area contributed by atoms with E-state index in [1.807, 2.05) is 38.1 Å². The second-order valence-corrected chi connectivity index (χ2v) is 8.99. The van der Waals surface area contributed by atoms with Crippen LogP contribution in [0.3, 0.4) is 0 Å². The molecule has 0 radical (unpaired) electrons. The van der Waals surface area contributed by atoms with E-state index in [9.17, 15) is 13.2 Å². The highest BCUT2D eigenvalue weighted by molar-refractivity contribution is 9.10. The largest absolute Gasteiger partial charge is 0.324 e. The third kappa shape index (κ3) is 4.86. The number of hydrogen-bond acceptors (Lipinski definition) is 3. The van der Waals surface area contributed by atoms with Crippen molar-refractivity contribution in [2.24, 2.45) is 0 Å². The Morgan fingerprint density at radius 3 is 2.27 bits per heavy atom. The number of nitrogens with zero attached hydrogens (tertiary/aromatic N) is 1. The molecule has 26 heavy (non-hydrogen) atoms. The van der Waals surface area contributed by atoms with Gasteiger partial charge in [-0.2, -0.15) is 0 Å². The Bertz CT molecular complexity index is 896. The number of rotatable bonds is 6. The van der Waals surface area contributed by atoms with Crippen LogP contribution >= 0.6 is 15.9 Å². The highest BCUT2D eigenvalue weighted by Gasteiger charge is 2.31. The molecule has 2 aromatic rings. The average Bonchev–Trinajstić information content (AvgIpc) is 2.56. The van der Waals surface area contributed by atoms with Crippen LogP contribution in [0.4, 0.5) is 11.4 Å². The van der Waals surface area contributed by atoms with Gasteiger partial charge >= 0.3 is 0 Å². The van der Waals surface area contributed by atoms with Crippen molar-refractivity contribution < 1.29 is 13.2 Å². The molecule has 0 aromatic heterocycles. The first-order chi connectivity index (χ1) is 12.1. The van der Waals surface area contributed by atoms with E-state index in [0.29, 0.717) is 17.8 Å². The lowest BCUT2D eigenvalue weighted by molar-refractivity contribution is -0.117. The highest BCUT2D eigenvalue weighted by Crippen LogP contribution is 2.25. The van der Waals surface area contributed by atoms with Gasteiger partial charge in [0.25, 0.3) is 0 Å². The summed E-state index contributed by atoms with van der Waals surface area (Å²) in [6.45, 7) is 5.64. The summed E-state index contributed by atoms with van der Waals surface area (Å²) in [6, 6.07) is 11.7. The standard InChI is InChI=1S/C19H23BrN2O3S/c1-5-18(19(23)21-15-8-11-17(20)14(3)12-15)22(26(4,24)25)16-9-6-13(2)7-10-16/h6-12,18H,5H2,1-4H3,(H,21,23). The molecular weight excluding hydrogens is 416 g/mol.